The molecule has 30 heavy (non-hydrogen) atoms. The first-order chi connectivity index (χ1) is 14.4. The molecule has 0 saturated carbocycles. The lowest BCUT2D eigenvalue weighted by Gasteiger charge is -2.44. The van der Waals surface area contributed by atoms with Crippen LogP contribution in [0.4, 0.5) is 5.69 Å². The molecule has 7 nitrogen and oxygen atoms in total. The second-order valence-corrected chi connectivity index (χ2v) is 9.12. The third-order valence-electron chi connectivity index (χ3n) is 5.93. The summed E-state index contributed by atoms with van der Waals surface area (Å²) in [5, 5.41) is 11.1. The van der Waals surface area contributed by atoms with Crippen molar-refractivity contribution in [3.05, 3.63) is 75.3 Å². The maximum atomic E-state index is 13.2. The Morgan fingerprint density at radius 1 is 1.03 bits per heavy atom. The van der Waals surface area contributed by atoms with E-state index in [1.165, 1.54) is 12.1 Å². The zero-order valence-corrected chi connectivity index (χ0v) is 17.6. The molecule has 2 aromatic carbocycles. The van der Waals surface area contributed by atoms with E-state index >= 15 is 0 Å². The molecule has 156 valence electrons. The lowest BCUT2D eigenvalue weighted by Crippen LogP contribution is -2.53. The quantitative estimate of drug-likeness (QED) is 0.553. The van der Waals surface area contributed by atoms with Crippen molar-refractivity contribution >= 4 is 29.3 Å². The summed E-state index contributed by atoms with van der Waals surface area (Å²) in [6, 6.07) is 13.5. The highest BCUT2D eigenvalue weighted by Gasteiger charge is 2.47. The van der Waals surface area contributed by atoms with Crippen molar-refractivity contribution in [1.29, 1.82) is 0 Å². The number of carbonyl (C=O) groups is 2. The van der Waals surface area contributed by atoms with Crippen LogP contribution in [0.3, 0.4) is 0 Å². The molecular weight excluding hydrogens is 402 g/mol. The largest absolute Gasteiger partial charge is 0.338 e. The fourth-order valence-corrected chi connectivity index (χ4v) is 5.72. The van der Waals surface area contributed by atoms with Gasteiger partial charge in [-0.1, -0.05) is 24.3 Å². The number of hydrogen-bond acceptors (Lipinski definition) is 5. The van der Waals surface area contributed by atoms with Crippen molar-refractivity contribution in [3.63, 3.8) is 0 Å². The first kappa shape index (κ1) is 20.4. The molecule has 0 aliphatic carbocycles. The van der Waals surface area contributed by atoms with Crippen LogP contribution in [-0.2, 0) is 0 Å². The van der Waals surface area contributed by atoms with Gasteiger partial charge in [-0.05, 0) is 37.5 Å². The fraction of sp³-hybridized carbons (Fsp3) is 0.364. The SMILES string of the molecule is Cc1ccccc1C(=O)N1CCC2(CC1)SCCN2C(=O)c1cccc([N+](=O)[O-])c1. The first-order valence-corrected chi connectivity index (χ1v) is 11.0. The molecule has 2 amide bonds. The van der Waals surface area contributed by atoms with Gasteiger partial charge in [0.05, 0.1) is 9.79 Å². The standard InChI is InChI=1S/C22H23N3O4S/c1-16-5-2-3-8-19(16)21(27)23-11-9-22(10-12-23)24(13-14-30-22)20(26)17-6-4-7-18(15-17)25(28)29/h2-8,15H,9-14H2,1H3. The minimum absolute atomic E-state index is 0.0301. The second kappa shape index (κ2) is 8.10. The van der Waals surface area contributed by atoms with Crippen LogP contribution in [0.2, 0.25) is 0 Å². The molecule has 2 heterocycles. The van der Waals surface area contributed by atoms with Gasteiger partial charge in [0.15, 0.2) is 0 Å². The molecule has 1 spiro atoms. The molecule has 0 unspecified atom stereocenters. The number of rotatable bonds is 3. The lowest BCUT2D eigenvalue weighted by molar-refractivity contribution is -0.384. The molecule has 0 bridgehead atoms. The van der Waals surface area contributed by atoms with Gasteiger partial charge in [-0.15, -0.1) is 11.8 Å². The maximum Gasteiger partial charge on any atom is 0.270 e. The van der Waals surface area contributed by atoms with Crippen LogP contribution in [0.1, 0.15) is 39.1 Å². The van der Waals surface area contributed by atoms with Crippen molar-refractivity contribution < 1.29 is 14.5 Å². The smallest absolute Gasteiger partial charge is 0.270 e. The van der Waals surface area contributed by atoms with Crippen molar-refractivity contribution in [3.8, 4) is 0 Å². The van der Waals surface area contributed by atoms with E-state index in [1.54, 1.807) is 23.9 Å². The number of aryl methyl sites for hydroxylation is 1. The normalized spacial score (nSPS) is 17.9. The minimum atomic E-state index is -0.485. The zero-order valence-electron chi connectivity index (χ0n) is 16.7. The number of amides is 2. The molecule has 2 aliphatic heterocycles. The number of nitro benzene ring substituents is 1. The summed E-state index contributed by atoms with van der Waals surface area (Å²) in [5.74, 6) is 0.678. The number of hydrogen-bond donors (Lipinski definition) is 0. The molecule has 2 saturated heterocycles. The zero-order chi connectivity index (χ0) is 21.3. The molecule has 0 N–H and O–H groups in total. The first-order valence-electron chi connectivity index (χ1n) is 9.97. The Kier molecular flexibility index (Phi) is 5.51. The number of non-ortho nitro benzene ring substituents is 1. The van der Waals surface area contributed by atoms with Crippen LogP contribution in [0.25, 0.3) is 0 Å². The van der Waals surface area contributed by atoms with Gasteiger partial charge in [-0.25, -0.2) is 0 Å². The van der Waals surface area contributed by atoms with Gasteiger partial charge in [-0.2, -0.15) is 0 Å². The number of piperidine rings is 1. The van der Waals surface area contributed by atoms with E-state index < -0.39 is 4.92 Å². The highest BCUT2D eigenvalue weighted by atomic mass is 32.2. The number of benzene rings is 2. The van der Waals surface area contributed by atoms with Crippen LogP contribution in [0.15, 0.2) is 48.5 Å². The second-order valence-electron chi connectivity index (χ2n) is 7.67. The average Bonchev–Trinajstić information content (AvgIpc) is 3.16. The Morgan fingerprint density at radius 2 is 1.77 bits per heavy atom. The van der Waals surface area contributed by atoms with Gasteiger partial charge < -0.3 is 9.80 Å². The van der Waals surface area contributed by atoms with Gasteiger partial charge in [0.2, 0.25) is 0 Å². The van der Waals surface area contributed by atoms with Crippen LogP contribution in [0, 0.1) is 17.0 Å². The molecule has 2 aliphatic rings. The van der Waals surface area contributed by atoms with E-state index in [0.717, 1.165) is 16.9 Å². The van der Waals surface area contributed by atoms with Crippen LogP contribution < -0.4 is 0 Å². The van der Waals surface area contributed by atoms with Crippen LogP contribution in [0.5, 0.6) is 0 Å². The van der Waals surface area contributed by atoms with Gasteiger partial charge in [0.25, 0.3) is 17.5 Å². The van der Waals surface area contributed by atoms with E-state index in [0.29, 0.717) is 38.0 Å². The Labute approximate surface area is 179 Å². The summed E-state index contributed by atoms with van der Waals surface area (Å²) in [7, 11) is 0. The summed E-state index contributed by atoms with van der Waals surface area (Å²) < 4.78 is 0. The van der Waals surface area contributed by atoms with Gasteiger partial charge in [0, 0.05) is 48.6 Å². The Bertz CT molecular complexity index is 1000. The van der Waals surface area contributed by atoms with E-state index in [9.17, 15) is 19.7 Å². The Morgan fingerprint density at radius 3 is 2.47 bits per heavy atom. The average molecular weight is 426 g/mol. The van der Waals surface area contributed by atoms with Crippen molar-refractivity contribution in [2.75, 3.05) is 25.4 Å². The molecule has 4 rings (SSSR count). The summed E-state index contributed by atoms with van der Waals surface area (Å²) >= 11 is 1.75. The molecular formula is C22H23N3O4S. The molecule has 0 aromatic heterocycles. The Balaban J connectivity index is 1.49. The topological polar surface area (TPSA) is 83.8 Å². The number of thioether (sulfide) groups is 1. The maximum absolute atomic E-state index is 13.2. The highest BCUT2D eigenvalue weighted by molar-refractivity contribution is 8.00. The lowest BCUT2D eigenvalue weighted by atomic mass is 9.99. The number of likely N-dealkylation sites (tertiary alicyclic amines) is 1. The third kappa shape index (κ3) is 3.67. The van der Waals surface area contributed by atoms with Gasteiger partial charge in [0.1, 0.15) is 0 Å². The predicted molar refractivity (Wildman–Crippen MR) is 116 cm³/mol. The Hall–Kier alpha value is -2.87. The summed E-state index contributed by atoms with van der Waals surface area (Å²) in [6.07, 6.45) is 1.38. The molecule has 0 radical (unpaired) electrons. The van der Waals surface area contributed by atoms with E-state index in [2.05, 4.69) is 0 Å². The van der Waals surface area contributed by atoms with Crippen LogP contribution in [-0.4, -0.2) is 56.8 Å². The third-order valence-corrected chi connectivity index (χ3v) is 7.49. The number of carbonyl (C=O) groups excluding carboxylic acids is 2. The van der Waals surface area contributed by atoms with E-state index in [-0.39, 0.29) is 22.4 Å². The number of nitro groups is 1. The molecule has 2 fully saturated rings. The molecule has 0 atom stereocenters. The van der Waals surface area contributed by atoms with Gasteiger partial charge in [-0.3, -0.25) is 19.7 Å². The fourth-order valence-electron chi connectivity index (χ4n) is 4.26. The number of nitrogens with zero attached hydrogens (tertiary/aromatic N) is 3. The van der Waals surface area contributed by atoms with Crippen molar-refractivity contribution in [1.82, 2.24) is 9.80 Å². The summed E-state index contributed by atoms with van der Waals surface area (Å²) in [4.78, 5) is 40.1. The van der Waals surface area contributed by atoms with Gasteiger partial charge >= 0.3 is 0 Å². The van der Waals surface area contributed by atoms with Crippen molar-refractivity contribution in [2.24, 2.45) is 0 Å². The highest BCUT2D eigenvalue weighted by Crippen LogP contribution is 2.44. The van der Waals surface area contributed by atoms with Crippen LogP contribution >= 0.6 is 11.8 Å². The van der Waals surface area contributed by atoms with E-state index in [4.69, 9.17) is 0 Å². The van der Waals surface area contributed by atoms with E-state index in [1.807, 2.05) is 41.0 Å². The minimum Gasteiger partial charge on any atom is -0.338 e. The monoisotopic (exact) mass is 425 g/mol. The van der Waals surface area contributed by atoms with Crippen molar-refractivity contribution in [2.45, 2.75) is 24.6 Å². The summed E-state index contributed by atoms with van der Waals surface area (Å²) in [6.45, 7) is 3.71. The summed E-state index contributed by atoms with van der Waals surface area (Å²) in [5.41, 5.74) is 1.93. The predicted octanol–water partition coefficient (Wildman–Crippen LogP) is 3.72. The molecule has 2 aromatic rings. The molecule has 8 heteroatoms.